The number of carbonyl (C=O) groups excluding carboxylic acids is 2. The van der Waals surface area contributed by atoms with Gasteiger partial charge < -0.3 is 15.3 Å². The van der Waals surface area contributed by atoms with E-state index in [1.807, 2.05) is 78.9 Å². The Labute approximate surface area is 197 Å². The molecule has 34 heavy (non-hydrogen) atoms. The molecular formula is C28H25N3O3. The average molecular weight is 452 g/mol. The molecule has 2 N–H and O–H groups in total. The van der Waals surface area contributed by atoms with Crippen molar-refractivity contribution in [2.75, 3.05) is 13.1 Å². The van der Waals surface area contributed by atoms with Crippen molar-refractivity contribution in [3.63, 3.8) is 0 Å². The lowest BCUT2D eigenvalue weighted by molar-refractivity contribution is 0.0708. The molecule has 2 atom stereocenters. The molecule has 1 saturated heterocycles. The van der Waals surface area contributed by atoms with Crippen LogP contribution in [0.2, 0.25) is 0 Å². The number of nitrogens with zero attached hydrogens (tertiary/aromatic N) is 2. The van der Waals surface area contributed by atoms with Crippen LogP contribution in [0.5, 0.6) is 0 Å². The third kappa shape index (κ3) is 4.28. The first-order chi connectivity index (χ1) is 16.6. The maximum absolute atomic E-state index is 13.6. The lowest BCUT2D eigenvalue weighted by Gasteiger charge is -2.26. The molecule has 6 heteroatoms. The van der Waals surface area contributed by atoms with Crippen molar-refractivity contribution in [1.29, 1.82) is 0 Å². The van der Waals surface area contributed by atoms with E-state index in [4.69, 9.17) is 0 Å². The third-order valence-electron chi connectivity index (χ3n) is 6.27. The first kappa shape index (κ1) is 21.8. The number of hydrogen-bond donors (Lipinski definition) is 2. The highest BCUT2D eigenvalue weighted by atomic mass is 16.3. The monoisotopic (exact) mass is 451 g/mol. The summed E-state index contributed by atoms with van der Waals surface area (Å²) in [6.07, 6.45) is 1.44. The number of rotatable bonds is 5. The van der Waals surface area contributed by atoms with Crippen LogP contribution in [0.1, 0.15) is 27.1 Å². The van der Waals surface area contributed by atoms with Gasteiger partial charge in [0.05, 0.1) is 23.2 Å². The van der Waals surface area contributed by atoms with Crippen LogP contribution in [0.4, 0.5) is 0 Å². The Hall–Kier alpha value is -4.03. The van der Waals surface area contributed by atoms with Crippen LogP contribution in [0.15, 0.2) is 91.1 Å². The van der Waals surface area contributed by atoms with Crippen molar-refractivity contribution in [3.05, 3.63) is 102 Å². The van der Waals surface area contributed by atoms with Crippen LogP contribution >= 0.6 is 0 Å². The van der Waals surface area contributed by atoms with Crippen LogP contribution in [-0.4, -0.2) is 52.0 Å². The minimum atomic E-state index is -0.631. The molecule has 2 heterocycles. The topological polar surface area (TPSA) is 82.5 Å². The second kappa shape index (κ2) is 9.45. The van der Waals surface area contributed by atoms with Gasteiger partial charge in [0.2, 0.25) is 0 Å². The first-order valence-corrected chi connectivity index (χ1v) is 11.4. The predicted octanol–water partition coefficient (Wildman–Crippen LogP) is 3.91. The van der Waals surface area contributed by atoms with Gasteiger partial charge in [-0.3, -0.25) is 14.6 Å². The second-order valence-corrected chi connectivity index (χ2v) is 8.50. The van der Waals surface area contributed by atoms with E-state index < -0.39 is 6.10 Å². The van der Waals surface area contributed by atoms with Crippen molar-refractivity contribution >= 4 is 22.7 Å². The molecule has 4 aromatic rings. The molecule has 2 unspecified atom stereocenters. The normalized spacial score (nSPS) is 17.6. The zero-order valence-corrected chi connectivity index (χ0v) is 18.6. The number of para-hydroxylation sites is 1. The molecule has 0 bridgehead atoms. The maximum atomic E-state index is 13.6. The number of hydrogen-bond acceptors (Lipinski definition) is 4. The Balaban J connectivity index is 1.36. The molecule has 5 rings (SSSR count). The fourth-order valence-electron chi connectivity index (χ4n) is 4.62. The molecule has 170 valence electrons. The Morgan fingerprint density at radius 1 is 0.912 bits per heavy atom. The van der Waals surface area contributed by atoms with Gasteiger partial charge in [-0.15, -0.1) is 0 Å². The SMILES string of the molecule is O=C(NCC1CC(O)CN1C(=O)c1ccccc1-c1ccccc1)c1cccc2cccnc12. The molecule has 2 amide bonds. The van der Waals surface area contributed by atoms with Gasteiger partial charge in [0.25, 0.3) is 11.8 Å². The van der Waals surface area contributed by atoms with E-state index >= 15 is 0 Å². The van der Waals surface area contributed by atoms with E-state index in [2.05, 4.69) is 10.3 Å². The Bertz CT molecular complexity index is 1330. The minimum absolute atomic E-state index is 0.151. The quantitative estimate of drug-likeness (QED) is 0.482. The molecular weight excluding hydrogens is 426 g/mol. The number of aliphatic hydroxyl groups is 1. The number of fused-ring (bicyclic) bond motifs is 1. The summed E-state index contributed by atoms with van der Waals surface area (Å²) in [5, 5.41) is 14.2. The Morgan fingerprint density at radius 3 is 2.50 bits per heavy atom. The van der Waals surface area contributed by atoms with Gasteiger partial charge in [-0.2, -0.15) is 0 Å². The van der Waals surface area contributed by atoms with Gasteiger partial charge in [-0.25, -0.2) is 0 Å². The fourth-order valence-corrected chi connectivity index (χ4v) is 4.62. The number of aliphatic hydroxyl groups excluding tert-OH is 1. The standard InChI is InChI=1S/C28H25N3O3/c32-22-16-21(17-30-27(33)25-14-6-10-20-11-7-15-29-26(20)25)31(18-22)28(34)24-13-5-4-12-23(24)19-8-2-1-3-9-19/h1-15,21-22,32H,16-18H2,(H,30,33). The van der Waals surface area contributed by atoms with Gasteiger partial charge in [0, 0.05) is 30.2 Å². The summed E-state index contributed by atoms with van der Waals surface area (Å²) in [6, 6.07) is 26.2. The highest BCUT2D eigenvalue weighted by molar-refractivity contribution is 6.05. The summed E-state index contributed by atoms with van der Waals surface area (Å²) < 4.78 is 0. The summed E-state index contributed by atoms with van der Waals surface area (Å²) in [7, 11) is 0. The third-order valence-corrected chi connectivity index (χ3v) is 6.27. The number of likely N-dealkylation sites (tertiary alicyclic amines) is 1. The fraction of sp³-hybridized carbons (Fsp3) is 0.179. The van der Waals surface area contributed by atoms with Gasteiger partial charge in [-0.1, -0.05) is 66.7 Å². The minimum Gasteiger partial charge on any atom is -0.391 e. The van der Waals surface area contributed by atoms with Crippen LogP contribution < -0.4 is 5.32 Å². The molecule has 0 spiro atoms. The molecule has 6 nitrogen and oxygen atoms in total. The summed E-state index contributed by atoms with van der Waals surface area (Å²) in [4.78, 5) is 32.6. The number of aromatic nitrogens is 1. The second-order valence-electron chi connectivity index (χ2n) is 8.50. The molecule has 1 fully saturated rings. The number of β-amino-alcohol motifs (C(OH)–C–C–N with tert-alkyl or cyclic N) is 1. The summed E-state index contributed by atoms with van der Waals surface area (Å²) in [5.41, 5.74) is 3.51. The zero-order valence-electron chi connectivity index (χ0n) is 18.6. The van der Waals surface area contributed by atoms with Gasteiger partial charge in [0.15, 0.2) is 0 Å². The van der Waals surface area contributed by atoms with E-state index in [0.717, 1.165) is 16.5 Å². The molecule has 0 saturated carbocycles. The highest BCUT2D eigenvalue weighted by Gasteiger charge is 2.35. The Kier molecular flexibility index (Phi) is 6.06. The maximum Gasteiger partial charge on any atom is 0.254 e. The van der Waals surface area contributed by atoms with Crippen molar-refractivity contribution in [1.82, 2.24) is 15.2 Å². The highest BCUT2D eigenvalue weighted by Crippen LogP contribution is 2.28. The van der Waals surface area contributed by atoms with E-state index in [0.29, 0.717) is 23.1 Å². The number of amides is 2. The van der Waals surface area contributed by atoms with Crippen molar-refractivity contribution in [2.24, 2.45) is 0 Å². The van der Waals surface area contributed by atoms with Crippen LogP contribution in [-0.2, 0) is 0 Å². The van der Waals surface area contributed by atoms with Crippen molar-refractivity contribution in [2.45, 2.75) is 18.6 Å². The van der Waals surface area contributed by atoms with Crippen molar-refractivity contribution < 1.29 is 14.7 Å². The lowest BCUT2D eigenvalue weighted by atomic mass is 9.98. The summed E-state index contributed by atoms with van der Waals surface area (Å²) in [5.74, 6) is -0.398. The first-order valence-electron chi connectivity index (χ1n) is 11.4. The van der Waals surface area contributed by atoms with E-state index in [-0.39, 0.29) is 30.9 Å². The average Bonchev–Trinajstić information content (AvgIpc) is 3.27. The van der Waals surface area contributed by atoms with Crippen LogP contribution in [0.3, 0.4) is 0 Å². The molecule has 1 aromatic heterocycles. The van der Waals surface area contributed by atoms with E-state index in [1.54, 1.807) is 17.2 Å². The predicted molar refractivity (Wildman–Crippen MR) is 131 cm³/mol. The zero-order chi connectivity index (χ0) is 23.5. The number of carbonyl (C=O) groups is 2. The molecule has 0 radical (unpaired) electrons. The summed E-state index contributed by atoms with van der Waals surface area (Å²) >= 11 is 0. The Morgan fingerprint density at radius 2 is 1.65 bits per heavy atom. The smallest absolute Gasteiger partial charge is 0.254 e. The largest absolute Gasteiger partial charge is 0.391 e. The van der Waals surface area contributed by atoms with Gasteiger partial charge >= 0.3 is 0 Å². The van der Waals surface area contributed by atoms with Gasteiger partial charge in [0.1, 0.15) is 0 Å². The lowest BCUT2D eigenvalue weighted by Crippen LogP contribution is -2.43. The van der Waals surface area contributed by atoms with Crippen molar-refractivity contribution in [3.8, 4) is 11.1 Å². The molecule has 0 aliphatic carbocycles. The molecule has 1 aliphatic rings. The van der Waals surface area contributed by atoms with Gasteiger partial charge in [-0.05, 0) is 35.7 Å². The number of benzene rings is 3. The van der Waals surface area contributed by atoms with Crippen LogP contribution in [0.25, 0.3) is 22.0 Å². The van der Waals surface area contributed by atoms with E-state index in [9.17, 15) is 14.7 Å². The molecule has 1 aliphatic heterocycles. The van der Waals surface area contributed by atoms with E-state index in [1.165, 1.54) is 0 Å². The van der Waals surface area contributed by atoms with Crippen LogP contribution in [0, 0.1) is 0 Å². The number of nitrogens with one attached hydrogen (secondary N) is 1. The number of pyridine rings is 1. The molecule has 3 aromatic carbocycles. The summed E-state index contributed by atoms with van der Waals surface area (Å²) in [6.45, 7) is 0.483.